The minimum absolute atomic E-state index is 0. The third-order valence-corrected chi connectivity index (χ3v) is 2.55. The van der Waals surface area contributed by atoms with Crippen molar-refractivity contribution in [2.75, 3.05) is 0 Å². The molecule has 0 atom stereocenters. The van der Waals surface area contributed by atoms with Crippen LogP contribution in [0.15, 0.2) is 35.4 Å². The monoisotopic (exact) mass is 318 g/mol. The summed E-state index contributed by atoms with van der Waals surface area (Å²) in [6, 6.07) is 7.96. The molecule has 0 bridgehead atoms. The zero-order chi connectivity index (χ0) is 9.26. The standard InChI is InChI=1S/C9H9N3S.HI/c10-9(11)13-8-5-12-7-4-2-1-3-6(7)8;/h1-5,12H,(H3,10,11);1H/p-1. The third kappa shape index (κ3) is 2.21. The molecule has 0 unspecified atom stereocenters. The fourth-order valence-electron chi connectivity index (χ4n) is 1.25. The largest absolute Gasteiger partial charge is 1.00 e. The summed E-state index contributed by atoms with van der Waals surface area (Å²) in [5, 5.41) is 8.40. The zero-order valence-electron chi connectivity index (χ0n) is 7.25. The lowest BCUT2D eigenvalue weighted by Crippen LogP contribution is -3.00. The van der Waals surface area contributed by atoms with Gasteiger partial charge >= 0.3 is 0 Å². The van der Waals surface area contributed by atoms with Crippen molar-refractivity contribution in [2.24, 2.45) is 5.73 Å². The summed E-state index contributed by atoms with van der Waals surface area (Å²) in [5.41, 5.74) is 6.38. The molecule has 2 rings (SSSR count). The van der Waals surface area contributed by atoms with Crippen LogP contribution in [-0.2, 0) is 0 Å². The van der Waals surface area contributed by atoms with E-state index in [1.54, 1.807) is 0 Å². The molecule has 2 aromatic rings. The predicted molar refractivity (Wildman–Crippen MR) is 56.1 cm³/mol. The van der Waals surface area contributed by atoms with Gasteiger partial charge in [-0.05, 0) is 6.07 Å². The summed E-state index contributed by atoms with van der Waals surface area (Å²) < 4.78 is 0. The summed E-state index contributed by atoms with van der Waals surface area (Å²) >= 11 is 1.26. The van der Waals surface area contributed by atoms with Crippen LogP contribution in [0.4, 0.5) is 0 Å². The molecule has 0 radical (unpaired) electrons. The van der Waals surface area contributed by atoms with Gasteiger partial charge in [-0.25, -0.2) is 0 Å². The van der Waals surface area contributed by atoms with Crippen LogP contribution in [0.1, 0.15) is 0 Å². The van der Waals surface area contributed by atoms with Crippen molar-refractivity contribution in [2.45, 2.75) is 4.90 Å². The average molecular weight is 318 g/mol. The number of H-pyrrole nitrogens is 1. The molecule has 0 aliphatic carbocycles. The van der Waals surface area contributed by atoms with Crippen molar-refractivity contribution >= 4 is 27.8 Å². The van der Waals surface area contributed by atoms with Crippen molar-refractivity contribution in [3.8, 4) is 0 Å². The molecule has 4 N–H and O–H groups in total. The molecule has 0 saturated carbocycles. The number of nitrogens with one attached hydrogen (secondary N) is 2. The second-order valence-corrected chi connectivity index (χ2v) is 3.75. The maximum atomic E-state index is 7.17. The van der Waals surface area contributed by atoms with Crippen molar-refractivity contribution in [1.82, 2.24) is 4.98 Å². The van der Waals surface area contributed by atoms with E-state index in [-0.39, 0.29) is 29.1 Å². The Hall–Kier alpha value is -0.690. The first-order valence-corrected chi connectivity index (χ1v) is 4.67. The molecule has 1 heterocycles. The lowest BCUT2D eigenvalue weighted by molar-refractivity contribution is -0.00000293. The minimum atomic E-state index is 0. The number of fused-ring (bicyclic) bond motifs is 1. The maximum absolute atomic E-state index is 7.17. The molecule has 0 aliphatic heterocycles. The number of nitrogens with two attached hydrogens (primary N) is 1. The summed E-state index contributed by atoms with van der Waals surface area (Å²) in [4.78, 5) is 4.12. The Kier molecular flexibility index (Phi) is 3.82. The molecule has 0 fully saturated rings. The average Bonchev–Trinajstić information content (AvgIpc) is 2.48. The smallest absolute Gasteiger partial charge is 0.156 e. The molecular formula is C9H9IN3S-. The highest BCUT2D eigenvalue weighted by Gasteiger charge is 2.03. The molecule has 5 heteroatoms. The minimum Gasteiger partial charge on any atom is -1.00 e. The number of halogens is 1. The van der Waals surface area contributed by atoms with Crippen LogP contribution in [0.3, 0.4) is 0 Å². The lowest BCUT2D eigenvalue weighted by Gasteiger charge is -1.94. The fraction of sp³-hybridized carbons (Fsp3) is 0. The Balaban J connectivity index is 0.000000980. The Morgan fingerprint density at radius 2 is 2.07 bits per heavy atom. The predicted octanol–water partition coefficient (Wildman–Crippen LogP) is -0.843. The van der Waals surface area contributed by atoms with Gasteiger partial charge in [0.05, 0.1) is 0 Å². The van der Waals surface area contributed by atoms with Crippen LogP contribution < -0.4 is 29.7 Å². The van der Waals surface area contributed by atoms with Crippen LogP contribution in [0.2, 0.25) is 0 Å². The van der Waals surface area contributed by atoms with Gasteiger partial charge in [0.25, 0.3) is 0 Å². The Labute approximate surface area is 103 Å². The second-order valence-electron chi connectivity index (χ2n) is 2.66. The Morgan fingerprint density at radius 3 is 2.79 bits per heavy atom. The summed E-state index contributed by atoms with van der Waals surface area (Å²) in [5.74, 6) is 0. The molecule has 0 saturated heterocycles. The highest BCUT2D eigenvalue weighted by atomic mass is 127. The summed E-state index contributed by atoms with van der Waals surface area (Å²) in [6.07, 6.45) is 1.87. The molecular weight excluding hydrogens is 309 g/mol. The summed E-state index contributed by atoms with van der Waals surface area (Å²) in [7, 11) is 0. The lowest BCUT2D eigenvalue weighted by atomic mass is 10.2. The quantitative estimate of drug-likeness (QED) is 0.278. The van der Waals surface area contributed by atoms with Gasteiger partial charge in [0.1, 0.15) is 0 Å². The van der Waals surface area contributed by atoms with Crippen molar-refractivity contribution in [3.63, 3.8) is 0 Å². The second kappa shape index (κ2) is 4.70. The van der Waals surface area contributed by atoms with E-state index in [9.17, 15) is 0 Å². The van der Waals surface area contributed by atoms with Gasteiger partial charge in [0.2, 0.25) is 0 Å². The van der Waals surface area contributed by atoms with E-state index in [0.29, 0.717) is 0 Å². The number of amidine groups is 1. The van der Waals surface area contributed by atoms with Gasteiger partial charge in [-0.1, -0.05) is 30.0 Å². The van der Waals surface area contributed by atoms with E-state index in [4.69, 9.17) is 11.1 Å². The number of benzene rings is 1. The Bertz CT molecular complexity index is 452. The van der Waals surface area contributed by atoms with E-state index >= 15 is 0 Å². The van der Waals surface area contributed by atoms with Crippen molar-refractivity contribution in [3.05, 3.63) is 30.5 Å². The molecule has 1 aromatic carbocycles. The number of hydrogen-bond donors (Lipinski definition) is 3. The van der Waals surface area contributed by atoms with Gasteiger partial charge in [-0.15, -0.1) is 0 Å². The van der Waals surface area contributed by atoms with Gasteiger partial charge in [0, 0.05) is 22.0 Å². The molecule has 3 nitrogen and oxygen atoms in total. The van der Waals surface area contributed by atoms with Crippen LogP contribution in [0.25, 0.3) is 10.9 Å². The van der Waals surface area contributed by atoms with Gasteiger partial charge in [0.15, 0.2) is 5.17 Å². The highest BCUT2D eigenvalue weighted by molar-refractivity contribution is 8.13. The molecule has 1 aromatic heterocycles. The number of rotatable bonds is 1. The van der Waals surface area contributed by atoms with E-state index in [0.717, 1.165) is 15.8 Å². The fourth-order valence-corrected chi connectivity index (χ4v) is 1.89. The summed E-state index contributed by atoms with van der Waals surface area (Å²) in [6.45, 7) is 0. The van der Waals surface area contributed by atoms with Crippen LogP contribution in [0, 0.1) is 5.41 Å². The van der Waals surface area contributed by atoms with E-state index < -0.39 is 0 Å². The van der Waals surface area contributed by atoms with E-state index in [2.05, 4.69) is 4.98 Å². The number of thioether (sulfide) groups is 1. The Morgan fingerprint density at radius 1 is 1.36 bits per heavy atom. The SMILES string of the molecule is N=C(N)Sc1c[nH]c2ccccc12.[I-]. The number of hydrogen-bond acceptors (Lipinski definition) is 2. The first-order valence-electron chi connectivity index (χ1n) is 3.85. The van der Waals surface area contributed by atoms with Crippen LogP contribution >= 0.6 is 11.8 Å². The first-order chi connectivity index (χ1) is 6.27. The number of para-hydroxylation sites is 1. The van der Waals surface area contributed by atoms with Gasteiger partial charge in [-0.3, -0.25) is 5.41 Å². The normalized spacial score (nSPS) is 9.71. The third-order valence-electron chi connectivity index (χ3n) is 1.77. The first kappa shape index (κ1) is 11.4. The zero-order valence-corrected chi connectivity index (χ0v) is 10.2. The molecule has 14 heavy (non-hydrogen) atoms. The number of aromatic amines is 1. The van der Waals surface area contributed by atoms with Crippen LogP contribution in [0.5, 0.6) is 0 Å². The van der Waals surface area contributed by atoms with Crippen molar-refractivity contribution in [1.29, 1.82) is 5.41 Å². The van der Waals surface area contributed by atoms with E-state index in [1.807, 2.05) is 30.5 Å². The molecule has 0 amide bonds. The van der Waals surface area contributed by atoms with Gasteiger partial charge < -0.3 is 34.7 Å². The van der Waals surface area contributed by atoms with Crippen LogP contribution in [-0.4, -0.2) is 10.2 Å². The number of aromatic nitrogens is 1. The maximum Gasteiger partial charge on any atom is 0.156 e. The van der Waals surface area contributed by atoms with E-state index in [1.165, 1.54) is 11.8 Å². The molecule has 0 spiro atoms. The van der Waals surface area contributed by atoms with Crippen molar-refractivity contribution < 1.29 is 24.0 Å². The topological polar surface area (TPSA) is 65.7 Å². The molecule has 74 valence electrons. The highest BCUT2D eigenvalue weighted by Crippen LogP contribution is 2.26. The molecule has 0 aliphatic rings. The van der Waals surface area contributed by atoms with Gasteiger partial charge in [-0.2, -0.15) is 0 Å².